The van der Waals surface area contributed by atoms with E-state index in [4.69, 9.17) is 10.5 Å². The summed E-state index contributed by atoms with van der Waals surface area (Å²) in [6, 6.07) is 10.6. The highest BCUT2D eigenvalue weighted by Crippen LogP contribution is 2.29. The number of hydrogen-bond acceptors (Lipinski definition) is 4. The Kier molecular flexibility index (Phi) is 5.54. The second kappa shape index (κ2) is 7.18. The van der Waals surface area contributed by atoms with Crippen molar-refractivity contribution < 1.29 is 9.84 Å². The van der Waals surface area contributed by atoms with Gasteiger partial charge in [-0.1, -0.05) is 30.3 Å². The predicted molar refractivity (Wildman–Crippen MR) is 80.5 cm³/mol. The topological polar surface area (TPSA) is 58.7 Å². The van der Waals surface area contributed by atoms with Gasteiger partial charge in [-0.3, -0.25) is 4.90 Å². The van der Waals surface area contributed by atoms with E-state index in [9.17, 15) is 5.11 Å². The maximum atomic E-state index is 9.71. The van der Waals surface area contributed by atoms with Crippen molar-refractivity contribution in [2.45, 2.75) is 30.8 Å². The van der Waals surface area contributed by atoms with Crippen LogP contribution in [0.5, 0.6) is 0 Å². The maximum absolute atomic E-state index is 9.71. The molecule has 0 aromatic heterocycles. The second-order valence-corrected chi connectivity index (χ2v) is 5.69. The first-order chi connectivity index (χ1) is 9.69. The highest BCUT2D eigenvalue weighted by atomic mass is 16.5. The Morgan fingerprint density at radius 1 is 1.30 bits per heavy atom. The van der Waals surface area contributed by atoms with Gasteiger partial charge in [0.05, 0.1) is 18.8 Å². The van der Waals surface area contributed by atoms with Crippen LogP contribution < -0.4 is 5.73 Å². The van der Waals surface area contributed by atoms with E-state index in [1.54, 1.807) is 7.11 Å². The van der Waals surface area contributed by atoms with Gasteiger partial charge in [0, 0.05) is 26.2 Å². The van der Waals surface area contributed by atoms with Crippen LogP contribution in [0, 0.1) is 0 Å². The number of nitrogens with two attached hydrogens (primary N) is 1. The predicted octanol–water partition coefficient (Wildman–Crippen LogP) is 1.33. The van der Waals surface area contributed by atoms with Crippen molar-refractivity contribution in [3.63, 3.8) is 0 Å². The first-order valence-electron chi connectivity index (χ1n) is 7.38. The first kappa shape index (κ1) is 15.4. The number of aliphatic hydroxyl groups is 1. The van der Waals surface area contributed by atoms with Gasteiger partial charge in [-0.15, -0.1) is 0 Å². The Bertz CT molecular complexity index is 395. The van der Waals surface area contributed by atoms with Crippen molar-refractivity contribution in [2.75, 3.05) is 33.4 Å². The van der Waals surface area contributed by atoms with Gasteiger partial charge >= 0.3 is 0 Å². The molecule has 0 amide bonds. The third-order valence-electron chi connectivity index (χ3n) is 4.12. The molecule has 0 aliphatic heterocycles. The van der Waals surface area contributed by atoms with Gasteiger partial charge in [0.15, 0.2) is 0 Å². The number of aliphatic hydroxyl groups excluding tert-OH is 1. The lowest BCUT2D eigenvalue weighted by Crippen LogP contribution is -2.44. The molecule has 2 rings (SSSR count). The molecule has 112 valence electrons. The molecule has 4 nitrogen and oxygen atoms in total. The summed E-state index contributed by atoms with van der Waals surface area (Å²) in [7, 11) is 1.73. The summed E-state index contributed by atoms with van der Waals surface area (Å²) in [5.74, 6) is 0. The maximum Gasteiger partial charge on any atom is 0.0656 e. The molecule has 1 aliphatic rings. The van der Waals surface area contributed by atoms with E-state index in [-0.39, 0.29) is 6.61 Å². The van der Waals surface area contributed by atoms with E-state index in [1.807, 2.05) is 30.3 Å². The zero-order valence-electron chi connectivity index (χ0n) is 12.3. The average molecular weight is 278 g/mol. The van der Waals surface area contributed by atoms with E-state index in [0.29, 0.717) is 6.04 Å². The Morgan fingerprint density at radius 2 is 2.00 bits per heavy atom. The largest absolute Gasteiger partial charge is 0.394 e. The molecule has 0 heterocycles. The van der Waals surface area contributed by atoms with Crippen molar-refractivity contribution in [1.82, 2.24) is 4.90 Å². The summed E-state index contributed by atoms with van der Waals surface area (Å²) >= 11 is 0. The molecule has 0 spiro atoms. The standard InChI is InChI=1S/C16H26N2O2/c1-20-12-11-18(15-7-8-15)10-9-16(17,13-19)14-5-3-2-4-6-14/h2-6,15,19H,7-13,17H2,1H3. The number of hydrogen-bond donors (Lipinski definition) is 2. The van der Waals surface area contributed by atoms with Gasteiger partial charge < -0.3 is 15.6 Å². The van der Waals surface area contributed by atoms with Crippen molar-refractivity contribution in [1.29, 1.82) is 0 Å². The molecule has 1 aromatic carbocycles. The summed E-state index contributed by atoms with van der Waals surface area (Å²) in [6.45, 7) is 2.57. The fourth-order valence-corrected chi connectivity index (χ4v) is 2.55. The number of benzene rings is 1. The van der Waals surface area contributed by atoms with Crippen LogP contribution in [-0.2, 0) is 10.3 Å². The zero-order chi connectivity index (χ0) is 14.4. The molecule has 1 atom stereocenters. The van der Waals surface area contributed by atoms with Crippen LogP contribution >= 0.6 is 0 Å². The lowest BCUT2D eigenvalue weighted by molar-refractivity contribution is 0.124. The van der Waals surface area contributed by atoms with E-state index in [1.165, 1.54) is 12.8 Å². The van der Waals surface area contributed by atoms with Crippen molar-refractivity contribution in [3.8, 4) is 0 Å². The quantitative estimate of drug-likeness (QED) is 0.715. The summed E-state index contributed by atoms with van der Waals surface area (Å²) in [5.41, 5.74) is 6.76. The number of ether oxygens (including phenoxy) is 1. The molecule has 20 heavy (non-hydrogen) atoms. The molecule has 3 N–H and O–H groups in total. The second-order valence-electron chi connectivity index (χ2n) is 5.69. The van der Waals surface area contributed by atoms with E-state index in [2.05, 4.69) is 4.90 Å². The molecule has 1 fully saturated rings. The number of nitrogens with zero attached hydrogens (tertiary/aromatic N) is 1. The molecule has 0 saturated heterocycles. The number of rotatable bonds is 9. The molecule has 0 bridgehead atoms. The summed E-state index contributed by atoms with van der Waals surface area (Å²) in [6.07, 6.45) is 3.30. The van der Waals surface area contributed by atoms with Crippen molar-refractivity contribution in [2.24, 2.45) is 5.73 Å². The van der Waals surface area contributed by atoms with Crippen LogP contribution in [0.25, 0.3) is 0 Å². The van der Waals surface area contributed by atoms with Gasteiger partial charge in [0.25, 0.3) is 0 Å². The van der Waals surface area contributed by atoms with Crippen LogP contribution in [0.15, 0.2) is 30.3 Å². The molecule has 1 saturated carbocycles. The minimum absolute atomic E-state index is 0.0280. The fraction of sp³-hybridized carbons (Fsp3) is 0.625. The van der Waals surface area contributed by atoms with Crippen LogP contribution in [0.1, 0.15) is 24.8 Å². The van der Waals surface area contributed by atoms with Crippen LogP contribution in [-0.4, -0.2) is 49.5 Å². The highest BCUT2D eigenvalue weighted by molar-refractivity contribution is 5.24. The molecule has 0 radical (unpaired) electrons. The molecular formula is C16H26N2O2. The first-order valence-corrected chi connectivity index (χ1v) is 7.38. The van der Waals surface area contributed by atoms with Crippen molar-refractivity contribution in [3.05, 3.63) is 35.9 Å². The molecule has 1 aromatic rings. The highest BCUT2D eigenvalue weighted by Gasteiger charge is 2.32. The minimum atomic E-state index is -0.651. The Hall–Kier alpha value is -0.940. The minimum Gasteiger partial charge on any atom is -0.394 e. The SMILES string of the molecule is COCCN(CCC(N)(CO)c1ccccc1)C1CC1. The lowest BCUT2D eigenvalue weighted by Gasteiger charge is -2.31. The van der Waals surface area contributed by atoms with Crippen molar-refractivity contribution >= 4 is 0 Å². The van der Waals surface area contributed by atoms with Gasteiger partial charge in [0.1, 0.15) is 0 Å². The monoisotopic (exact) mass is 278 g/mol. The summed E-state index contributed by atoms with van der Waals surface area (Å²) in [5, 5.41) is 9.71. The summed E-state index contributed by atoms with van der Waals surface area (Å²) in [4.78, 5) is 2.43. The van der Waals surface area contributed by atoms with Crippen LogP contribution in [0.3, 0.4) is 0 Å². The average Bonchev–Trinajstić information content (AvgIpc) is 3.32. The normalized spacial score (nSPS) is 18.2. The lowest BCUT2D eigenvalue weighted by atomic mass is 9.88. The molecular weight excluding hydrogens is 252 g/mol. The zero-order valence-corrected chi connectivity index (χ0v) is 12.3. The molecule has 1 aliphatic carbocycles. The van der Waals surface area contributed by atoms with Gasteiger partial charge in [-0.05, 0) is 24.8 Å². The van der Waals surface area contributed by atoms with E-state index in [0.717, 1.165) is 31.7 Å². The van der Waals surface area contributed by atoms with Crippen LogP contribution in [0.4, 0.5) is 0 Å². The van der Waals surface area contributed by atoms with Gasteiger partial charge in [-0.25, -0.2) is 0 Å². The van der Waals surface area contributed by atoms with Gasteiger partial charge in [0.2, 0.25) is 0 Å². The Balaban J connectivity index is 1.95. The van der Waals surface area contributed by atoms with E-state index >= 15 is 0 Å². The van der Waals surface area contributed by atoms with Gasteiger partial charge in [-0.2, -0.15) is 0 Å². The fourth-order valence-electron chi connectivity index (χ4n) is 2.55. The third-order valence-corrected chi connectivity index (χ3v) is 4.12. The third kappa shape index (κ3) is 4.03. The molecule has 1 unspecified atom stereocenters. The number of methoxy groups -OCH3 is 1. The summed E-state index contributed by atoms with van der Waals surface area (Å²) < 4.78 is 5.17. The smallest absolute Gasteiger partial charge is 0.0656 e. The van der Waals surface area contributed by atoms with E-state index < -0.39 is 5.54 Å². The Morgan fingerprint density at radius 3 is 2.55 bits per heavy atom. The Labute approximate surface area is 121 Å². The van der Waals surface area contributed by atoms with Crippen LogP contribution in [0.2, 0.25) is 0 Å². The molecule has 4 heteroatoms.